The van der Waals surface area contributed by atoms with Gasteiger partial charge >= 0.3 is 0 Å². The molecule has 0 aromatic heterocycles. The predicted octanol–water partition coefficient (Wildman–Crippen LogP) is 2.53. The molecule has 0 N–H and O–H groups in total. The summed E-state index contributed by atoms with van der Waals surface area (Å²) in [7, 11) is 0. The van der Waals surface area contributed by atoms with Gasteiger partial charge in [-0.1, -0.05) is 30.4 Å². The van der Waals surface area contributed by atoms with Gasteiger partial charge in [0.1, 0.15) is 0 Å². The van der Waals surface area contributed by atoms with E-state index in [9.17, 15) is 0 Å². The molecule has 10 heavy (non-hydrogen) atoms. The minimum absolute atomic E-state index is 1.07. The summed E-state index contributed by atoms with van der Waals surface area (Å²) in [5, 5.41) is 2.75. The Morgan fingerprint density at radius 2 is 1.70 bits per heavy atom. The summed E-state index contributed by atoms with van der Waals surface area (Å²) in [4.78, 5) is 0. The maximum Gasteiger partial charge on any atom is 0.0641 e. The van der Waals surface area contributed by atoms with Crippen LogP contribution < -0.4 is 0 Å². The Morgan fingerprint density at radius 3 is 2.00 bits per heavy atom. The highest BCUT2D eigenvalue weighted by Crippen LogP contribution is 2.09. The molecule has 1 aromatic rings. The first-order chi connectivity index (χ1) is 4.75. The highest BCUT2D eigenvalue weighted by atomic mass is 32.1. The molecule has 0 saturated carbocycles. The van der Waals surface area contributed by atoms with Crippen molar-refractivity contribution >= 4 is 17.6 Å². The predicted molar refractivity (Wildman–Crippen MR) is 47.6 cm³/mol. The van der Waals surface area contributed by atoms with E-state index in [1.165, 1.54) is 11.1 Å². The van der Waals surface area contributed by atoms with E-state index in [1.54, 1.807) is 0 Å². The summed E-state index contributed by atoms with van der Waals surface area (Å²) < 4.78 is 0. The van der Waals surface area contributed by atoms with Crippen LogP contribution in [0.3, 0.4) is 0 Å². The first-order valence-electron chi connectivity index (χ1n) is 3.20. The third kappa shape index (κ3) is 1.24. The summed E-state index contributed by atoms with van der Waals surface area (Å²) >= 11 is 4.74. The second kappa shape index (κ2) is 2.93. The fraction of sp³-hybridized carbons (Fsp3) is 0.222. The number of hydrogen-bond acceptors (Lipinski definition) is 1. The van der Waals surface area contributed by atoms with Crippen LogP contribution in [-0.4, -0.2) is 5.37 Å². The standard InChI is InChI=1S/C9H9S/c1-7-4-3-5-8(2)9(7)6-10/h3-5H,1-2H3. The van der Waals surface area contributed by atoms with Gasteiger partial charge in [0.05, 0.1) is 5.37 Å². The van der Waals surface area contributed by atoms with Crippen molar-refractivity contribution in [3.05, 3.63) is 34.9 Å². The van der Waals surface area contributed by atoms with Crippen LogP contribution in [0.25, 0.3) is 0 Å². The quantitative estimate of drug-likeness (QED) is 0.553. The number of hydrogen-bond donors (Lipinski definition) is 0. The Hall–Kier alpha value is -0.690. The summed E-state index contributed by atoms with van der Waals surface area (Å²) in [5.74, 6) is 0. The zero-order chi connectivity index (χ0) is 7.56. The van der Waals surface area contributed by atoms with E-state index < -0.39 is 0 Å². The van der Waals surface area contributed by atoms with Gasteiger partial charge in [-0.2, -0.15) is 0 Å². The van der Waals surface area contributed by atoms with Crippen molar-refractivity contribution < 1.29 is 0 Å². The Kier molecular flexibility index (Phi) is 2.17. The minimum Gasteiger partial charge on any atom is -0.0778 e. The SMILES string of the molecule is Cc1cccc(C)c1[C]=S. The highest BCUT2D eigenvalue weighted by Gasteiger charge is 1.96. The minimum atomic E-state index is 1.07. The Bertz CT molecular complexity index is 231. The Morgan fingerprint density at radius 1 is 1.20 bits per heavy atom. The van der Waals surface area contributed by atoms with Gasteiger partial charge in [0.2, 0.25) is 0 Å². The second-order valence-corrected chi connectivity index (χ2v) is 2.57. The van der Waals surface area contributed by atoms with Gasteiger partial charge in [-0.05, 0) is 30.5 Å². The molecule has 0 unspecified atom stereocenters. The molecule has 0 saturated heterocycles. The van der Waals surface area contributed by atoms with Crippen molar-refractivity contribution in [3.8, 4) is 0 Å². The summed E-state index contributed by atoms with van der Waals surface area (Å²) in [6.45, 7) is 4.09. The molecule has 0 fully saturated rings. The molecule has 0 aliphatic heterocycles. The van der Waals surface area contributed by atoms with E-state index in [0.717, 1.165) is 5.56 Å². The maximum atomic E-state index is 4.74. The van der Waals surface area contributed by atoms with Gasteiger partial charge < -0.3 is 0 Å². The van der Waals surface area contributed by atoms with Gasteiger partial charge in [0.15, 0.2) is 0 Å². The van der Waals surface area contributed by atoms with Crippen LogP contribution >= 0.6 is 12.2 Å². The van der Waals surface area contributed by atoms with Gasteiger partial charge in [-0.15, -0.1) is 0 Å². The monoisotopic (exact) mass is 149 g/mol. The molecular formula is C9H9S. The molecule has 51 valence electrons. The molecule has 0 aliphatic rings. The van der Waals surface area contributed by atoms with Crippen LogP contribution in [0, 0.1) is 13.8 Å². The van der Waals surface area contributed by atoms with Gasteiger partial charge in [-0.25, -0.2) is 0 Å². The number of thiocarbonyl (C=S) groups is 1. The number of aryl methyl sites for hydroxylation is 2. The average Bonchev–Trinajstić information content (AvgIpc) is 1.88. The molecule has 0 heterocycles. The summed E-state index contributed by atoms with van der Waals surface area (Å²) in [5.41, 5.74) is 3.47. The molecule has 1 aromatic carbocycles. The molecule has 0 aliphatic carbocycles. The highest BCUT2D eigenvalue weighted by molar-refractivity contribution is 7.79. The number of rotatable bonds is 1. The lowest BCUT2D eigenvalue weighted by Crippen LogP contribution is -1.88. The Labute approximate surface area is 66.9 Å². The van der Waals surface area contributed by atoms with Crippen LogP contribution in [0.5, 0.6) is 0 Å². The van der Waals surface area contributed by atoms with Crippen LogP contribution in [0.1, 0.15) is 16.7 Å². The third-order valence-corrected chi connectivity index (χ3v) is 1.79. The second-order valence-electron chi connectivity index (χ2n) is 2.37. The van der Waals surface area contributed by atoms with Crippen LogP contribution in [0.15, 0.2) is 18.2 Å². The molecule has 0 spiro atoms. The van der Waals surface area contributed by atoms with Crippen LogP contribution in [0.2, 0.25) is 0 Å². The lowest BCUT2D eigenvalue weighted by molar-refractivity contribution is 1.37. The molecule has 0 amide bonds. The Balaban J connectivity index is 3.30. The van der Waals surface area contributed by atoms with Crippen molar-refractivity contribution in [2.45, 2.75) is 13.8 Å². The summed E-state index contributed by atoms with van der Waals surface area (Å²) in [6, 6.07) is 6.12. The van der Waals surface area contributed by atoms with E-state index in [4.69, 9.17) is 12.2 Å². The lowest BCUT2D eigenvalue weighted by atomic mass is 10.1. The average molecular weight is 149 g/mol. The van der Waals surface area contributed by atoms with Crippen molar-refractivity contribution in [1.82, 2.24) is 0 Å². The normalized spacial score (nSPS) is 9.40. The molecule has 1 rings (SSSR count). The largest absolute Gasteiger partial charge is 0.0778 e. The van der Waals surface area contributed by atoms with E-state index >= 15 is 0 Å². The van der Waals surface area contributed by atoms with Crippen LogP contribution in [-0.2, 0) is 0 Å². The molecular weight excluding hydrogens is 140 g/mol. The van der Waals surface area contributed by atoms with E-state index in [2.05, 4.69) is 5.37 Å². The van der Waals surface area contributed by atoms with E-state index in [-0.39, 0.29) is 0 Å². The van der Waals surface area contributed by atoms with Crippen molar-refractivity contribution in [1.29, 1.82) is 0 Å². The zero-order valence-electron chi connectivity index (χ0n) is 6.14. The van der Waals surface area contributed by atoms with Crippen molar-refractivity contribution in [2.75, 3.05) is 0 Å². The molecule has 1 radical (unpaired) electrons. The van der Waals surface area contributed by atoms with E-state index in [1.807, 2.05) is 32.0 Å². The fourth-order valence-corrected chi connectivity index (χ4v) is 1.30. The maximum absolute atomic E-state index is 4.74. The van der Waals surface area contributed by atoms with Crippen molar-refractivity contribution in [2.24, 2.45) is 0 Å². The zero-order valence-corrected chi connectivity index (χ0v) is 6.96. The summed E-state index contributed by atoms with van der Waals surface area (Å²) in [6.07, 6.45) is 0. The fourth-order valence-electron chi connectivity index (χ4n) is 0.975. The van der Waals surface area contributed by atoms with E-state index in [0.29, 0.717) is 0 Å². The lowest BCUT2D eigenvalue weighted by Gasteiger charge is -2.00. The van der Waals surface area contributed by atoms with Crippen LogP contribution in [0.4, 0.5) is 0 Å². The van der Waals surface area contributed by atoms with Gasteiger partial charge in [0.25, 0.3) is 0 Å². The topological polar surface area (TPSA) is 0 Å². The molecule has 1 heteroatoms. The smallest absolute Gasteiger partial charge is 0.0641 e. The number of benzene rings is 1. The van der Waals surface area contributed by atoms with Gasteiger partial charge in [-0.3, -0.25) is 0 Å². The third-order valence-electron chi connectivity index (χ3n) is 1.58. The molecule has 0 nitrogen and oxygen atoms in total. The van der Waals surface area contributed by atoms with Gasteiger partial charge in [0, 0.05) is 0 Å². The molecule has 0 atom stereocenters. The first-order valence-corrected chi connectivity index (χ1v) is 3.61. The van der Waals surface area contributed by atoms with Crippen molar-refractivity contribution in [3.63, 3.8) is 0 Å². The first kappa shape index (κ1) is 7.42. The molecule has 0 bridgehead atoms.